The Morgan fingerprint density at radius 3 is 2.47 bits per heavy atom. The lowest BCUT2D eigenvalue weighted by Crippen LogP contribution is -2.44. The van der Waals surface area contributed by atoms with Crippen molar-refractivity contribution in [1.82, 2.24) is 5.32 Å². The molecule has 0 aromatic rings. The number of nitrogens with two attached hydrogens (primary N) is 1. The predicted molar refractivity (Wildman–Crippen MR) is 60.3 cm³/mol. The number of hydrogen-bond acceptors (Lipinski definition) is 2. The molecule has 3 nitrogen and oxygen atoms in total. The van der Waals surface area contributed by atoms with E-state index in [2.05, 4.69) is 5.32 Å². The molecule has 0 aromatic carbocycles. The van der Waals surface area contributed by atoms with E-state index in [1.165, 1.54) is 12.8 Å². The fourth-order valence-electron chi connectivity index (χ4n) is 2.87. The van der Waals surface area contributed by atoms with Crippen LogP contribution in [-0.2, 0) is 4.79 Å². The van der Waals surface area contributed by atoms with Crippen molar-refractivity contribution >= 4 is 5.91 Å². The van der Waals surface area contributed by atoms with E-state index in [0.29, 0.717) is 18.0 Å². The van der Waals surface area contributed by atoms with Crippen LogP contribution in [0.25, 0.3) is 0 Å². The minimum Gasteiger partial charge on any atom is -0.353 e. The van der Waals surface area contributed by atoms with Gasteiger partial charge in [-0.1, -0.05) is 12.8 Å². The quantitative estimate of drug-likeness (QED) is 0.726. The van der Waals surface area contributed by atoms with Gasteiger partial charge in [0.2, 0.25) is 5.91 Å². The Labute approximate surface area is 91.8 Å². The van der Waals surface area contributed by atoms with Crippen molar-refractivity contribution < 1.29 is 4.79 Å². The van der Waals surface area contributed by atoms with Crippen LogP contribution in [0.3, 0.4) is 0 Å². The monoisotopic (exact) mass is 210 g/mol. The number of hydrogen-bond donors (Lipinski definition) is 2. The molecule has 2 fully saturated rings. The van der Waals surface area contributed by atoms with E-state index in [9.17, 15) is 4.79 Å². The summed E-state index contributed by atoms with van der Waals surface area (Å²) in [5, 5.41) is 3.17. The molecule has 2 saturated carbocycles. The zero-order valence-electron chi connectivity index (χ0n) is 9.37. The van der Waals surface area contributed by atoms with Crippen LogP contribution in [0.2, 0.25) is 0 Å². The van der Waals surface area contributed by atoms with Crippen LogP contribution >= 0.6 is 0 Å². The first kappa shape index (κ1) is 10.9. The smallest absolute Gasteiger partial charge is 0.223 e. The molecule has 86 valence electrons. The van der Waals surface area contributed by atoms with Gasteiger partial charge in [-0.2, -0.15) is 0 Å². The second kappa shape index (κ2) is 4.97. The minimum absolute atomic E-state index is 0.284. The van der Waals surface area contributed by atoms with Crippen molar-refractivity contribution in [2.24, 2.45) is 11.7 Å². The van der Waals surface area contributed by atoms with E-state index in [-0.39, 0.29) is 5.91 Å². The predicted octanol–water partition coefficient (Wildman–Crippen LogP) is 1.56. The first-order valence-electron chi connectivity index (χ1n) is 6.31. The summed E-state index contributed by atoms with van der Waals surface area (Å²) in [6.45, 7) is 0. The number of rotatable bonds is 2. The van der Waals surface area contributed by atoms with E-state index >= 15 is 0 Å². The van der Waals surface area contributed by atoms with Crippen LogP contribution < -0.4 is 11.1 Å². The highest BCUT2D eigenvalue weighted by Gasteiger charge is 2.26. The molecule has 2 rings (SSSR count). The molecule has 0 radical (unpaired) electrons. The van der Waals surface area contributed by atoms with E-state index in [1.54, 1.807) is 0 Å². The molecule has 0 aliphatic heterocycles. The van der Waals surface area contributed by atoms with Gasteiger partial charge in [0.1, 0.15) is 0 Å². The van der Waals surface area contributed by atoms with Gasteiger partial charge in [0.05, 0.1) is 0 Å². The Morgan fingerprint density at radius 1 is 1.07 bits per heavy atom. The van der Waals surface area contributed by atoms with Crippen molar-refractivity contribution in [3.05, 3.63) is 0 Å². The largest absolute Gasteiger partial charge is 0.353 e. The number of amides is 1. The highest BCUT2D eigenvalue weighted by molar-refractivity contribution is 5.79. The van der Waals surface area contributed by atoms with Crippen molar-refractivity contribution in [2.45, 2.75) is 63.5 Å². The summed E-state index contributed by atoms with van der Waals surface area (Å²) in [6, 6.07) is 0.648. The van der Waals surface area contributed by atoms with Gasteiger partial charge in [-0.05, 0) is 38.5 Å². The minimum atomic E-state index is 0.284. The summed E-state index contributed by atoms with van der Waals surface area (Å²) < 4.78 is 0. The molecule has 3 N–H and O–H groups in total. The third-order valence-electron chi connectivity index (χ3n) is 3.79. The topological polar surface area (TPSA) is 55.1 Å². The summed E-state index contributed by atoms with van der Waals surface area (Å²) >= 11 is 0. The van der Waals surface area contributed by atoms with Gasteiger partial charge in [0.25, 0.3) is 0 Å². The lowest BCUT2D eigenvalue weighted by atomic mass is 9.91. The molecule has 2 unspecified atom stereocenters. The lowest BCUT2D eigenvalue weighted by molar-refractivity contribution is -0.125. The van der Waals surface area contributed by atoms with Crippen molar-refractivity contribution in [2.75, 3.05) is 0 Å². The first-order valence-corrected chi connectivity index (χ1v) is 6.31. The van der Waals surface area contributed by atoms with Crippen LogP contribution in [0.4, 0.5) is 0 Å². The number of carbonyl (C=O) groups excluding carboxylic acids is 1. The molecule has 0 spiro atoms. The van der Waals surface area contributed by atoms with Crippen molar-refractivity contribution in [3.63, 3.8) is 0 Å². The fraction of sp³-hybridized carbons (Fsp3) is 0.917. The van der Waals surface area contributed by atoms with Crippen molar-refractivity contribution in [1.29, 1.82) is 0 Å². The Morgan fingerprint density at radius 2 is 1.80 bits per heavy atom. The standard InChI is InChI=1S/C12H22N2O/c13-10-6-3-7-11(8-10)14-12(15)9-4-1-2-5-9/h9-11H,1-8,13H2,(H,14,15). The van der Waals surface area contributed by atoms with E-state index in [4.69, 9.17) is 5.73 Å². The summed E-state index contributed by atoms with van der Waals surface area (Å²) in [6.07, 6.45) is 9.00. The zero-order valence-corrected chi connectivity index (χ0v) is 9.37. The molecule has 2 aliphatic carbocycles. The molecule has 0 bridgehead atoms. The average Bonchev–Trinajstić information content (AvgIpc) is 2.70. The SMILES string of the molecule is NC1CCCC(NC(=O)C2CCCC2)C1. The summed E-state index contributed by atoms with van der Waals surface area (Å²) in [5.74, 6) is 0.578. The molecule has 0 heterocycles. The summed E-state index contributed by atoms with van der Waals surface area (Å²) in [4.78, 5) is 11.9. The second-order valence-electron chi connectivity index (χ2n) is 5.11. The lowest BCUT2D eigenvalue weighted by Gasteiger charge is -2.28. The van der Waals surface area contributed by atoms with E-state index in [0.717, 1.165) is 38.5 Å². The highest BCUT2D eigenvalue weighted by atomic mass is 16.1. The van der Waals surface area contributed by atoms with Gasteiger partial charge in [0.15, 0.2) is 0 Å². The Hall–Kier alpha value is -0.570. The van der Waals surface area contributed by atoms with Crippen LogP contribution in [0.5, 0.6) is 0 Å². The molecule has 15 heavy (non-hydrogen) atoms. The van der Waals surface area contributed by atoms with Gasteiger partial charge in [-0.15, -0.1) is 0 Å². The third kappa shape index (κ3) is 2.94. The van der Waals surface area contributed by atoms with Crippen LogP contribution in [0, 0.1) is 5.92 Å². The van der Waals surface area contributed by atoms with Gasteiger partial charge < -0.3 is 11.1 Å². The maximum absolute atomic E-state index is 11.9. The molecule has 1 amide bonds. The molecule has 2 aliphatic rings. The average molecular weight is 210 g/mol. The summed E-state index contributed by atoms with van der Waals surface area (Å²) in [5.41, 5.74) is 5.90. The highest BCUT2D eigenvalue weighted by Crippen LogP contribution is 2.25. The molecular formula is C12H22N2O. The van der Waals surface area contributed by atoms with Gasteiger partial charge >= 0.3 is 0 Å². The van der Waals surface area contributed by atoms with E-state index < -0.39 is 0 Å². The fourth-order valence-corrected chi connectivity index (χ4v) is 2.87. The number of carbonyl (C=O) groups is 1. The van der Waals surface area contributed by atoms with Gasteiger partial charge in [-0.3, -0.25) is 4.79 Å². The van der Waals surface area contributed by atoms with Crippen LogP contribution in [0.1, 0.15) is 51.4 Å². The zero-order chi connectivity index (χ0) is 10.7. The van der Waals surface area contributed by atoms with Gasteiger partial charge in [0, 0.05) is 18.0 Å². The number of nitrogens with one attached hydrogen (secondary N) is 1. The molecule has 2 atom stereocenters. The Bertz CT molecular complexity index is 224. The maximum Gasteiger partial charge on any atom is 0.223 e. The van der Waals surface area contributed by atoms with Gasteiger partial charge in [-0.25, -0.2) is 0 Å². The second-order valence-corrected chi connectivity index (χ2v) is 5.11. The van der Waals surface area contributed by atoms with Crippen molar-refractivity contribution in [3.8, 4) is 0 Å². The van der Waals surface area contributed by atoms with Crippen LogP contribution in [-0.4, -0.2) is 18.0 Å². The molecule has 3 heteroatoms. The third-order valence-corrected chi connectivity index (χ3v) is 3.79. The normalized spacial score (nSPS) is 32.9. The first-order chi connectivity index (χ1) is 7.25. The summed E-state index contributed by atoms with van der Waals surface area (Å²) in [7, 11) is 0. The molecule has 0 aromatic heterocycles. The van der Waals surface area contributed by atoms with E-state index in [1.807, 2.05) is 0 Å². The maximum atomic E-state index is 11.9. The Balaban J connectivity index is 1.77. The molecule has 0 saturated heterocycles. The molecular weight excluding hydrogens is 188 g/mol. The van der Waals surface area contributed by atoms with Crippen LogP contribution in [0.15, 0.2) is 0 Å². The Kier molecular flexibility index (Phi) is 3.62.